The van der Waals surface area contributed by atoms with Crippen LogP contribution in [0.5, 0.6) is 0 Å². The molecule has 0 aromatic carbocycles. The van der Waals surface area contributed by atoms with Gasteiger partial charge >= 0.3 is 0 Å². The molecule has 0 radical (unpaired) electrons. The monoisotopic (exact) mass is 322 g/mol. The number of hydrogen-bond acceptors (Lipinski definition) is 5. The molecule has 1 saturated heterocycles. The molecule has 1 fully saturated rings. The van der Waals surface area contributed by atoms with Gasteiger partial charge in [0.15, 0.2) is 11.6 Å². The number of rotatable bonds is 7. The number of carbonyl (C=O) groups is 1. The van der Waals surface area contributed by atoms with Crippen molar-refractivity contribution in [2.45, 2.75) is 58.5 Å². The smallest absolute Gasteiger partial charge is 0.273 e. The molecule has 1 aliphatic rings. The van der Waals surface area contributed by atoms with Crippen LogP contribution < -0.4 is 10.6 Å². The lowest BCUT2D eigenvalue weighted by Gasteiger charge is -2.30. The van der Waals surface area contributed by atoms with E-state index < -0.39 is 0 Å². The zero-order chi connectivity index (χ0) is 16.8. The summed E-state index contributed by atoms with van der Waals surface area (Å²) in [5.74, 6) is 0.798. The molecule has 1 atom stereocenters. The van der Waals surface area contributed by atoms with E-state index in [2.05, 4.69) is 48.2 Å². The summed E-state index contributed by atoms with van der Waals surface area (Å²) in [4.78, 5) is 18.9. The highest BCUT2D eigenvalue weighted by molar-refractivity contribution is 5.91. The lowest BCUT2D eigenvalue weighted by atomic mass is 10.00. The number of nitrogens with zero attached hydrogens (tertiary/aromatic N) is 2. The first-order valence-corrected chi connectivity index (χ1v) is 8.69. The molecular weight excluding hydrogens is 292 g/mol. The van der Waals surface area contributed by atoms with Gasteiger partial charge in [0.1, 0.15) is 6.26 Å². The van der Waals surface area contributed by atoms with Crippen molar-refractivity contribution in [2.75, 3.05) is 26.2 Å². The van der Waals surface area contributed by atoms with Gasteiger partial charge in [-0.15, -0.1) is 0 Å². The average molecular weight is 322 g/mol. The number of amides is 1. The first-order chi connectivity index (χ1) is 11.0. The maximum absolute atomic E-state index is 12.2. The van der Waals surface area contributed by atoms with Crippen LogP contribution in [-0.2, 0) is 0 Å². The highest BCUT2D eigenvalue weighted by Gasteiger charge is 2.22. The molecule has 0 saturated carbocycles. The molecule has 1 aliphatic heterocycles. The fourth-order valence-corrected chi connectivity index (χ4v) is 3.14. The molecule has 1 unspecified atom stereocenters. The molecule has 2 rings (SSSR count). The number of oxazole rings is 1. The van der Waals surface area contributed by atoms with E-state index in [0.717, 1.165) is 32.5 Å². The van der Waals surface area contributed by atoms with E-state index in [1.807, 2.05) is 0 Å². The molecule has 6 nitrogen and oxygen atoms in total. The maximum Gasteiger partial charge on any atom is 0.273 e. The van der Waals surface area contributed by atoms with Crippen molar-refractivity contribution in [1.29, 1.82) is 0 Å². The fraction of sp³-hybridized carbons (Fsp3) is 0.765. The van der Waals surface area contributed by atoms with Gasteiger partial charge < -0.3 is 15.1 Å². The van der Waals surface area contributed by atoms with E-state index in [9.17, 15) is 4.79 Å². The lowest BCUT2D eigenvalue weighted by molar-refractivity contribution is 0.0934. The van der Waals surface area contributed by atoms with Gasteiger partial charge in [0, 0.05) is 37.6 Å². The SMILES string of the molecule is CC(C)N(CCNC(=O)c1coc(C2CCCNC2)n1)C(C)C. The Morgan fingerprint density at radius 2 is 2.17 bits per heavy atom. The Morgan fingerprint density at radius 1 is 1.43 bits per heavy atom. The summed E-state index contributed by atoms with van der Waals surface area (Å²) in [5.41, 5.74) is 0.381. The van der Waals surface area contributed by atoms with E-state index in [1.165, 1.54) is 6.26 Å². The van der Waals surface area contributed by atoms with Gasteiger partial charge in [-0.05, 0) is 47.1 Å². The Hall–Kier alpha value is -1.40. The summed E-state index contributed by atoms with van der Waals surface area (Å²) in [6.45, 7) is 12.1. The van der Waals surface area contributed by atoms with Crippen molar-refractivity contribution >= 4 is 5.91 Å². The van der Waals surface area contributed by atoms with Crippen LogP contribution in [0, 0.1) is 0 Å². The molecule has 130 valence electrons. The fourth-order valence-electron chi connectivity index (χ4n) is 3.14. The minimum atomic E-state index is -0.156. The minimum absolute atomic E-state index is 0.156. The van der Waals surface area contributed by atoms with Gasteiger partial charge in [-0.3, -0.25) is 9.69 Å². The molecular formula is C17H30N4O2. The van der Waals surface area contributed by atoms with Crippen molar-refractivity contribution in [3.8, 4) is 0 Å². The van der Waals surface area contributed by atoms with Crippen molar-refractivity contribution in [3.63, 3.8) is 0 Å². The van der Waals surface area contributed by atoms with Crippen LogP contribution in [0.4, 0.5) is 0 Å². The summed E-state index contributed by atoms with van der Waals surface area (Å²) in [5, 5.41) is 6.27. The van der Waals surface area contributed by atoms with Crippen LogP contribution in [0.15, 0.2) is 10.7 Å². The van der Waals surface area contributed by atoms with Gasteiger partial charge in [0.2, 0.25) is 0 Å². The van der Waals surface area contributed by atoms with Crippen LogP contribution >= 0.6 is 0 Å². The number of piperidine rings is 1. The standard InChI is InChI=1S/C17H30N4O2/c1-12(2)21(13(3)4)9-8-19-16(22)15-11-23-17(20-15)14-6-5-7-18-10-14/h11-14,18H,5-10H2,1-4H3,(H,19,22). The Kier molecular flexibility index (Phi) is 6.59. The predicted molar refractivity (Wildman–Crippen MR) is 90.7 cm³/mol. The Bertz CT molecular complexity index is 485. The quantitative estimate of drug-likeness (QED) is 0.803. The number of nitrogens with one attached hydrogen (secondary N) is 2. The summed E-state index contributed by atoms with van der Waals surface area (Å²) in [7, 11) is 0. The molecule has 6 heteroatoms. The third-order valence-corrected chi connectivity index (χ3v) is 4.38. The second kappa shape index (κ2) is 8.45. The highest BCUT2D eigenvalue weighted by atomic mass is 16.3. The summed E-state index contributed by atoms with van der Waals surface area (Å²) >= 11 is 0. The van der Waals surface area contributed by atoms with Crippen molar-refractivity contribution in [3.05, 3.63) is 17.8 Å². The summed E-state index contributed by atoms with van der Waals surface area (Å²) < 4.78 is 5.51. The zero-order valence-electron chi connectivity index (χ0n) is 14.8. The Morgan fingerprint density at radius 3 is 2.78 bits per heavy atom. The molecule has 0 aliphatic carbocycles. The van der Waals surface area contributed by atoms with Crippen LogP contribution in [0.2, 0.25) is 0 Å². The third-order valence-electron chi connectivity index (χ3n) is 4.38. The van der Waals surface area contributed by atoms with E-state index in [-0.39, 0.29) is 11.8 Å². The van der Waals surface area contributed by atoms with E-state index in [0.29, 0.717) is 30.2 Å². The first-order valence-electron chi connectivity index (χ1n) is 8.69. The maximum atomic E-state index is 12.2. The highest BCUT2D eigenvalue weighted by Crippen LogP contribution is 2.22. The molecule has 0 bridgehead atoms. The molecule has 2 N–H and O–H groups in total. The van der Waals surface area contributed by atoms with Gasteiger partial charge in [-0.2, -0.15) is 0 Å². The second-order valence-corrected chi connectivity index (χ2v) is 6.80. The lowest BCUT2D eigenvalue weighted by Crippen LogP contribution is -2.42. The summed E-state index contributed by atoms with van der Waals surface area (Å²) in [6, 6.07) is 0.925. The van der Waals surface area contributed by atoms with Gasteiger partial charge in [-0.1, -0.05) is 0 Å². The van der Waals surface area contributed by atoms with Crippen LogP contribution in [0.25, 0.3) is 0 Å². The van der Waals surface area contributed by atoms with E-state index in [4.69, 9.17) is 4.42 Å². The molecule has 1 aromatic rings. The van der Waals surface area contributed by atoms with Crippen molar-refractivity contribution in [1.82, 2.24) is 20.5 Å². The average Bonchev–Trinajstić information content (AvgIpc) is 3.01. The largest absolute Gasteiger partial charge is 0.448 e. The normalized spacial score (nSPS) is 18.8. The van der Waals surface area contributed by atoms with Crippen LogP contribution in [0.3, 0.4) is 0 Å². The van der Waals surface area contributed by atoms with Crippen molar-refractivity contribution < 1.29 is 9.21 Å². The molecule has 0 spiro atoms. The zero-order valence-corrected chi connectivity index (χ0v) is 14.8. The third kappa shape index (κ3) is 5.04. The Balaban J connectivity index is 1.83. The molecule has 2 heterocycles. The minimum Gasteiger partial charge on any atom is -0.448 e. The molecule has 1 amide bonds. The van der Waals surface area contributed by atoms with Crippen molar-refractivity contribution in [2.24, 2.45) is 0 Å². The predicted octanol–water partition coefficient (Wildman–Crippen LogP) is 1.99. The van der Waals surface area contributed by atoms with Gasteiger partial charge in [0.05, 0.1) is 0 Å². The first kappa shape index (κ1) is 17.9. The van der Waals surface area contributed by atoms with Crippen LogP contribution in [-0.4, -0.2) is 54.1 Å². The van der Waals surface area contributed by atoms with E-state index in [1.54, 1.807) is 0 Å². The molecule has 1 aromatic heterocycles. The Labute approximate surface area is 139 Å². The number of hydrogen-bond donors (Lipinski definition) is 2. The van der Waals surface area contributed by atoms with Gasteiger partial charge in [0.25, 0.3) is 5.91 Å². The van der Waals surface area contributed by atoms with Crippen LogP contribution in [0.1, 0.15) is 62.8 Å². The van der Waals surface area contributed by atoms with Gasteiger partial charge in [-0.25, -0.2) is 4.98 Å². The number of carbonyl (C=O) groups excluding carboxylic acids is 1. The summed E-state index contributed by atoms with van der Waals surface area (Å²) in [6.07, 6.45) is 3.66. The second-order valence-electron chi connectivity index (χ2n) is 6.80. The topological polar surface area (TPSA) is 70.4 Å². The molecule has 23 heavy (non-hydrogen) atoms. The van der Waals surface area contributed by atoms with E-state index >= 15 is 0 Å². The number of aromatic nitrogens is 1.